The van der Waals surface area contributed by atoms with Gasteiger partial charge in [0.25, 0.3) is 0 Å². The molecule has 0 aromatic heterocycles. The second kappa shape index (κ2) is 3.15. The summed E-state index contributed by atoms with van der Waals surface area (Å²) in [5.41, 5.74) is -0.302. The van der Waals surface area contributed by atoms with Crippen molar-refractivity contribution in [1.29, 1.82) is 0 Å². The second-order valence-corrected chi connectivity index (χ2v) is 4.77. The fraction of sp³-hybridized carbons (Fsp3) is 1.00. The molecular weight excluding hydrogens is 150 g/mol. The third kappa shape index (κ3) is 1.85. The van der Waals surface area contributed by atoms with Crippen LogP contribution in [-0.4, -0.2) is 15.8 Å². The van der Waals surface area contributed by atoms with Gasteiger partial charge in [-0.3, -0.25) is 0 Å². The van der Waals surface area contributed by atoms with E-state index in [0.29, 0.717) is 0 Å². The van der Waals surface area contributed by atoms with Gasteiger partial charge in [-0.15, -0.1) is 0 Å². The molecule has 0 amide bonds. The predicted molar refractivity (Wildman–Crippen MR) is 52.4 cm³/mol. The summed E-state index contributed by atoms with van der Waals surface area (Å²) >= 11 is 0. The van der Waals surface area contributed by atoms with Crippen LogP contribution in [-0.2, 0) is 0 Å². The quantitative estimate of drug-likeness (QED) is 0.514. The molecule has 2 nitrogen and oxygen atoms in total. The number of nitroso groups, excluding NO2 is 1. The summed E-state index contributed by atoms with van der Waals surface area (Å²) in [5.74, 6) is 0. The van der Waals surface area contributed by atoms with E-state index in [1.807, 2.05) is 27.7 Å². The van der Waals surface area contributed by atoms with Crippen LogP contribution in [0.1, 0.15) is 54.4 Å². The highest BCUT2D eigenvalue weighted by Gasteiger charge is 2.49. The first kappa shape index (κ1) is 11.6. The first-order valence-corrected chi connectivity index (χ1v) is 4.34. The van der Waals surface area contributed by atoms with Gasteiger partial charge in [0.1, 0.15) is 0 Å². The van der Waals surface area contributed by atoms with Gasteiger partial charge in [-0.05, 0) is 6.42 Å². The molecule has 0 atom stereocenters. The summed E-state index contributed by atoms with van der Waals surface area (Å²) in [7, 11) is 0. The fourth-order valence-corrected chi connectivity index (χ4v) is 1.98. The molecule has 0 N–H and O–H groups in total. The van der Waals surface area contributed by atoms with Crippen LogP contribution in [0.4, 0.5) is 0 Å². The van der Waals surface area contributed by atoms with Crippen molar-refractivity contribution in [3.8, 4) is 0 Å². The van der Waals surface area contributed by atoms with Gasteiger partial charge < -0.3 is 0 Å². The fourth-order valence-electron chi connectivity index (χ4n) is 1.98. The second-order valence-electron chi connectivity index (χ2n) is 4.77. The van der Waals surface area contributed by atoms with Crippen LogP contribution >= 0.6 is 0 Å². The van der Waals surface area contributed by atoms with Gasteiger partial charge in [0.05, 0.1) is 0 Å². The van der Waals surface area contributed by atoms with E-state index in [4.69, 9.17) is 0 Å². The Morgan fingerprint density at radius 1 is 1.00 bits per heavy atom. The van der Waals surface area contributed by atoms with E-state index in [2.05, 4.69) is 0 Å². The van der Waals surface area contributed by atoms with Gasteiger partial charge in [0.2, 0.25) is 11.1 Å². The SMILES string of the molecule is C.CC1(C)CCCC(C)(C)[N+]1=O. The van der Waals surface area contributed by atoms with Crippen LogP contribution in [0.25, 0.3) is 0 Å². The molecule has 0 bridgehead atoms. The Kier molecular flexibility index (Phi) is 3.05. The van der Waals surface area contributed by atoms with Crippen LogP contribution in [0, 0.1) is 4.91 Å². The standard InChI is InChI=1S/C9H18NO.CH4/c1-8(2)6-5-7-9(3,4)10(8)11;/h5-7H2,1-4H3;1H4/q+1;. The van der Waals surface area contributed by atoms with E-state index >= 15 is 0 Å². The largest absolute Gasteiger partial charge is 0.205 e. The van der Waals surface area contributed by atoms with Crippen molar-refractivity contribution < 1.29 is 4.76 Å². The summed E-state index contributed by atoms with van der Waals surface area (Å²) < 4.78 is 1.27. The van der Waals surface area contributed by atoms with Gasteiger partial charge in [-0.2, -0.15) is 0 Å². The molecule has 1 aliphatic rings. The molecule has 1 saturated heterocycles. The van der Waals surface area contributed by atoms with Gasteiger partial charge in [0.15, 0.2) is 0 Å². The average molecular weight is 172 g/mol. The Hall–Kier alpha value is -0.400. The molecule has 0 radical (unpaired) electrons. The van der Waals surface area contributed by atoms with E-state index in [9.17, 15) is 4.91 Å². The lowest BCUT2D eigenvalue weighted by atomic mass is 9.83. The first-order chi connectivity index (χ1) is 4.86. The number of nitrogens with zero attached hydrogens (tertiary/aromatic N) is 1. The van der Waals surface area contributed by atoms with Crippen LogP contribution in [0.15, 0.2) is 0 Å². The Morgan fingerprint density at radius 2 is 1.33 bits per heavy atom. The minimum Gasteiger partial charge on any atom is -0.0776 e. The Labute approximate surface area is 75.9 Å². The zero-order valence-electron chi connectivity index (χ0n) is 7.98. The lowest BCUT2D eigenvalue weighted by molar-refractivity contribution is -0.692. The summed E-state index contributed by atoms with van der Waals surface area (Å²) in [6.07, 6.45) is 3.23. The van der Waals surface area contributed by atoms with Crippen LogP contribution in [0.3, 0.4) is 0 Å². The molecule has 1 aliphatic heterocycles. The number of hydrogen-bond donors (Lipinski definition) is 0. The van der Waals surface area contributed by atoms with Crippen LogP contribution < -0.4 is 0 Å². The molecular formula is C10H22NO+. The highest BCUT2D eigenvalue weighted by atomic mass is 16.3. The molecule has 72 valence electrons. The zero-order valence-corrected chi connectivity index (χ0v) is 7.98. The smallest absolute Gasteiger partial charge is 0.0776 e. The normalized spacial score (nSPS) is 26.2. The summed E-state index contributed by atoms with van der Waals surface area (Å²) in [6, 6.07) is 0. The van der Waals surface area contributed by atoms with Crippen molar-refractivity contribution in [2.45, 2.75) is 65.5 Å². The van der Waals surface area contributed by atoms with Crippen molar-refractivity contribution in [2.24, 2.45) is 0 Å². The third-order valence-electron chi connectivity index (χ3n) is 2.68. The van der Waals surface area contributed by atoms with Crippen LogP contribution in [0.5, 0.6) is 0 Å². The molecule has 0 unspecified atom stereocenters. The van der Waals surface area contributed by atoms with E-state index in [1.165, 1.54) is 11.2 Å². The van der Waals surface area contributed by atoms with Crippen molar-refractivity contribution >= 4 is 0 Å². The maximum absolute atomic E-state index is 11.7. The summed E-state index contributed by atoms with van der Waals surface area (Å²) in [4.78, 5) is 11.7. The van der Waals surface area contributed by atoms with Crippen molar-refractivity contribution in [3.05, 3.63) is 4.91 Å². The van der Waals surface area contributed by atoms with Crippen molar-refractivity contribution in [1.82, 2.24) is 0 Å². The molecule has 0 aromatic rings. The molecule has 2 heteroatoms. The molecule has 0 spiro atoms. The van der Waals surface area contributed by atoms with Crippen LogP contribution in [0.2, 0.25) is 0 Å². The minimum absolute atomic E-state index is 0. The topological polar surface area (TPSA) is 20.1 Å². The number of hydrogen-bond acceptors (Lipinski definition) is 1. The monoisotopic (exact) mass is 172 g/mol. The number of rotatable bonds is 0. The maximum atomic E-state index is 11.7. The zero-order chi connectivity index (χ0) is 8.70. The third-order valence-corrected chi connectivity index (χ3v) is 2.68. The molecule has 1 fully saturated rings. The molecule has 12 heavy (non-hydrogen) atoms. The molecule has 1 rings (SSSR count). The molecule has 0 saturated carbocycles. The molecule has 1 heterocycles. The van der Waals surface area contributed by atoms with Gasteiger partial charge in [-0.25, -0.2) is 0 Å². The highest BCUT2D eigenvalue weighted by Crippen LogP contribution is 2.33. The number of piperidine rings is 1. The average Bonchev–Trinajstić information content (AvgIpc) is 1.82. The maximum Gasteiger partial charge on any atom is 0.205 e. The van der Waals surface area contributed by atoms with Crippen molar-refractivity contribution in [2.75, 3.05) is 0 Å². The van der Waals surface area contributed by atoms with E-state index < -0.39 is 0 Å². The minimum atomic E-state index is -0.151. The van der Waals surface area contributed by atoms with Gasteiger partial charge >= 0.3 is 0 Å². The lowest BCUT2D eigenvalue weighted by Crippen LogP contribution is -2.50. The first-order valence-electron chi connectivity index (χ1n) is 4.34. The highest BCUT2D eigenvalue weighted by molar-refractivity contribution is 4.80. The molecule has 0 aromatic carbocycles. The Bertz CT molecular complexity index is 164. The van der Waals surface area contributed by atoms with Gasteiger partial charge in [-0.1, -0.05) is 7.43 Å². The van der Waals surface area contributed by atoms with Crippen molar-refractivity contribution in [3.63, 3.8) is 0 Å². The van der Waals surface area contributed by atoms with Gasteiger partial charge in [0, 0.05) is 50.2 Å². The molecule has 0 aliphatic carbocycles. The predicted octanol–water partition coefficient (Wildman–Crippen LogP) is 3.14. The lowest BCUT2D eigenvalue weighted by Gasteiger charge is -2.31. The summed E-state index contributed by atoms with van der Waals surface area (Å²) in [6.45, 7) is 8.11. The van der Waals surface area contributed by atoms with E-state index in [-0.39, 0.29) is 18.5 Å². The Morgan fingerprint density at radius 3 is 1.58 bits per heavy atom. The van der Waals surface area contributed by atoms with E-state index in [0.717, 1.165) is 12.8 Å². The summed E-state index contributed by atoms with van der Waals surface area (Å²) in [5, 5.41) is 0. The Balaban J connectivity index is 0.00000121. The van der Waals surface area contributed by atoms with E-state index in [1.54, 1.807) is 0 Å².